The first-order valence-electron chi connectivity index (χ1n) is 11.9. The molecule has 1 spiro atoms. The minimum atomic E-state index is -0.689. The van der Waals surface area contributed by atoms with E-state index in [4.69, 9.17) is 0 Å². The zero-order valence-corrected chi connectivity index (χ0v) is 19.7. The van der Waals surface area contributed by atoms with Crippen molar-refractivity contribution < 1.29 is 14.4 Å². The predicted molar refractivity (Wildman–Crippen MR) is 124 cm³/mol. The second-order valence-corrected chi connectivity index (χ2v) is 10.6. The molecule has 3 fully saturated rings. The second kappa shape index (κ2) is 8.75. The topological polar surface area (TPSA) is 64.2 Å². The number of carbonyl (C=O) groups excluding carboxylic acids is 3. The summed E-state index contributed by atoms with van der Waals surface area (Å²) in [5.74, 6) is 0.223. The molecule has 174 valence electrons. The van der Waals surface area contributed by atoms with Crippen molar-refractivity contribution in [2.75, 3.05) is 44.3 Å². The Bertz CT molecular complexity index is 850. The normalized spacial score (nSPS) is 21.0. The zero-order valence-electron chi connectivity index (χ0n) is 19.7. The molecule has 32 heavy (non-hydrogen) atoms. The molecule has 0 unspecified atom stereocenters. The fraction of sp³-hybridized carbons (Fsp3) is 0.640. The van der Waals surface area contributed by atoms with Gasteiger partial charge in [-0.15, -0.1) is 0 Å². The van der Waals surface area contributed by atoms with E-state index in [2.05, 4.69) is 25.7 Å². The van der Waals surface area contributed by atoms with Crippen LogP contribution in [0.3, 0.4) is 0 Å². The minimum Gasteiger partial charge on any atom is -0.342 e. The molecule has 1 aromatic rings. The van der Waals surface area contributed by atoms with Gasteiger partial charge in [0, 0.05) is 38.3 Å². The molecule has 3 saturated heterocycles. The number of nitrogens with zero attached hydrogens (tertiary/aromatic N) is 4. The van der Waals surface area contributed by atoms with Crippen molar-refractivity contribution in [2.24, 2.45) is 5.41 Å². The molecular weight excluding hydrogens is 404 g/mol. The third-order valence-corrected chi connectivity index (χ3v) is 6.99. The molecule has 0 radical (unpaired) electrons. The summed E-state index contributed by atoms with van der Waals surface area (Å²) in [4.78, 5) is 47.0. The minimum absolute atomic E-state index is 0.0248. The van der Waals surface area contributed by atoms with E-state index in [1.54, 1.807) is 4.90 Å². The van der Waals surface area contributed by atoms with Crippen LogP contribution in [-0.2, 0) is 14.4 Å². The zero-order chi connectivity index (χ0) is 22.9. The fourth-order valence-corrected chi connectivity index (χ4v) is 5.24. The number of rotatable bonds is 4. The van der Waals surface area contributed by atoms with E-state index in [0.29, 0.717) is 39.0 Å². The van der Waals surface area contributed by atoms with Crippen molar-refractivity contribution in [3.63, 3.8) is 0 Å². The number of hydrogen-bond acceptors (Lipinski definition) is 4. The maximum Gasteiger partial charge on any atom is 0.250 e. The summed E-state index contributed by atoms with van der Waals surface area (Å²) in [5, 5.41) is 0. The van der Waals surface area contributed by atoms with Crippen LogP contribution in [0, 0.1) is 5.41 Å². The molecule has 3 aliphatic heterocycles. The van der Waals surface area contributed by atoms with Crippen molar-refractivity contribution >= 4 is 23.4 Å². The Balaban J connectivity index is 1.52. The van der Waals surface area contributed by atoms with Gasteiger partial charge < -0.3 is 19.6 Å². The number of benzene rings is 1. The number of para-hydroxylation sites is 1. The van der Waals surface area contributed by atoms with Gasteiger partial charge in [-0.3, -0.25) is 14.4 Å². The highest BCUT2D eigenvalue weighted by Gasteiger charge is 2.54. The molecule has 3 amide bonds. The molecular formula is C25H36N4O3. The molecule has 3 aliphatic rings. The summed E-state index contributed by atoms with van der Waals surface area (Å²) in [7, 11) is 0. The van der Waals surface area contributed by atoms with Crippen LogP contribution in [0.4, 0.5) is 5.69 Å². The van der Waals surface area contributed by atoms with Gasteiger partial charge in [0.05, 0.1) is 6.67 Å². The number of hydrogen-bond donors (Lipinski definition) is 0. The molecule has 0 N–H and O–H groups in total. The SMILES string of the molecule is CC(C)(C)CC(=O)N1CCC2(CC1)C(=O)N(CC(=O)N1CCCC1)CN2c1ccccc1. The molecule has 1 aromatic carbocycles. The largest absolute Gasteiger partial charge is 0.342 e. The monoisotopic (exact) mass is 440 g/mol. The average Bonchev–Trinajstić information content (AvgIpc) is 3.38. The fourth-order valence-electron chi connectivity index (χ4n) is 5.24. The highest BCUT2D eigenvalue weighted by atomic mass is 16.2. The lowest BCUT2D eigenvalue weighted by molar-refractivity contribution is -0.142. The van der Waals surface area contributed by atoms with Crippen LogP contribution in [0.1, 0.15) is 52.9 Å². The summed E-state index contributed by atoms with van der Waals surface area (Å²) in [6.07, 6.45) is 3.76. The lowest BCUT2D eigenvalue weighted by atomic mass is 9.84. The van der Waals surface area contributed by atoms with E-state index >= 15 is 0 Å². The standard InChI is InChI=1S/C25H36N4O3/c1-24(2,3)17-21(30)27-15-11-25(12-16-27)23(32)28(18-22(31)26-13-7-8-14-26)19-29(25)20-9-5-4-6-10-20/h4-6,9-10H,7-8,11-19H2,1-3H3. The van der Waals surface area contributed by atoms with Crippen molar-refractivity contribution in [3.8, 4) is 0 Å². The number of anilines is 1. The van der Waals surface area contributed by atoms with Gasteiger partial charge in [-0.2, -0.15) is 0 Å². The van der Waals surface area contributed by atoms with E-state index in [1.807, 2.05) is 40.1 Å². The maximum atomic E-state index is 13.7. The van der Waals surface area contributed by atoms with Crippen molar-refractivity contribution in [1.82, 2.24) is 14.7 Å². The molecule has 0 aromatic heterocycles. The van der Waals surface area contributed by atoms with E-state index < -0.39 is 5.54 Å². The summed E-state index contributed by atoms with van der Waals surface area (Å²) >= 11 is 0. The van der Waals surface area contributed by atoms with Gasteiger partial charge in [0.25, 0.3) is 5.91 Å². The van der Waals surface area contributed by atoms with Gasteiger partial charge in [-0.05, 0) is 43.2 Å². The van der Waals surface area contributed by atoms with E-state index in [1.165, 1.54) is 0 Å². The smallest absolute Gasteiger partial charge is 0.250 e. The molecule has 0 atom stereocenters. The van der Waals surface area contributed by atoms with E-state index in [-0.39, 0.29) is 29.7 Å². The third kappa shape index (κ3) is 4.48. The van der Waals surface area contributed by atoms with Crippen LogP contribution in [-0.4, -0.2) is 77.4 Å². The Morgan fingerprint density at radius 1 is 0.906 bits per heavy atom. The van der Waals surface area contributed by atoms with Crippen LogP contribution in [0.2, 0.25) is 0 Å². The molecule has 4 rings (SSSR count). The van der Waals surface area contributed by atoms with E-state index in [9.17, 15) is 14.4 Å². The molecule has 0 aliphatic carbocycles. The lowest BCUT2D eigenvalue weighted by Gasteiger charge is -2.43. The third-order valence-electron chi connectivity index (χ3n) is 6.99. The number of likely N-dealkylation sites (tertiary alicyclic amines) is 2. The Morgan fingerprint density at radius 3 is 2.09 bits per heavy atom. The Labute approximate surface area is 191 Å². The van der Waals surface area contributed by atoms with Crippen LogP contribution < -0.4 is 4.90 Å². The van der Waals surface area contributed by atoms with Gasteiger partial charge >= 0.3 is 0 Å². The first-order chi connectivity index (χ1) is 15.2. The summed E-state index contributed by atoms with van der Waals surface area (Å²) < 4.78 is 0. The number of carbonyl (C=O) groups is 3. The highest BCUT2D eigenvalue weighted by molar-refractivity contribution is 5.96. The molecule has 3 heterocycles. The van der Waals surface area contributed by atoms with Crippen molar-refractivity contribution in [2.45, 2.75) is 58.4 Å². The molecule has 0 bridgehead atoms. The second-order valence-electron chi connectivity index (χ2n) is 10.6. The van der Waals surface area contributed by atoms with Crippen LogP contribution in [0.5, 0.6) is 0 Å². The summed E-state index contributed by atoms with van der Waals surface area (Å²) in [5.41, 5.74) is 0.245. The Hall–Kier alpha value is -2.57. The first-order valence-corrected chi connectivity index (χ1v) is 11.9. The number of amides is 3. The first kappa shape index (κ1) is 22.6. The van der Waals surface area contributed by atoms with Crippen LogP contribution in [0.15, 0.2) is 30.3 Å². The predicted octanol–water partition coefficient (Wildman–Crippen LogP) is 2.71. The molecule has 7 nitrogen and oxygen atoms in total. The summed E-state index contributed by atoms with van der Waals surface area (Å²) in [6.45, 7) is 9.49. The molecule has 0 saturated carbocycles. The Kier molecular flexibility index (Phi) is 6.19. The lowest BCUT2D eigenvalue weighted by Crippen LogP contribution is -2.57. The van der Waals surface area contributed by atoms with Gasteiger partial charge in [0.15, 0.2) is 0 Å². The van der Waals surface area contributed by atoms with Crippen molar-refractivity contribution in [3.05, 3.63) is 30.3 Å². The number of piperidine rings is 1. The van der Waals surface area contributed by atoms with Gasteiger partial charge in [0.2, 0.25) is 11.8 Å². The van der Waals surface area contributed by atoms with Gasteiger partial charge in [0.1, 0.15) is 12.1 Å². The average molecular weight is 441 g/mol. The van der Waals surface area contributed by atoms with Crippen molar-refractivity contribution in [1.29, 1.82) is 0 Å². The van der Waals surface area contributed by atoms with E-state index in [0.717, 1.165) is 31.6 Å². The van der Waals surface area contributed by atoms with Crippen LogP contribution >= 0.6 is 0 Å². The highest BCUT2D eigenvalue weighted by Crippen LogP contribution is 2.40. The summed E-state index contributed by atoms with van der Waals surface area (Å²) in [6, 6.07) is 9.98. The maximum absolute atomic E-state index is 13.7. The quantitative estimate of drug-likeness (QED) is 0.722. The Morgan fingerprint density at radius 2 is 1.50 bits per heavy atom. The van der Waals surface area contributed by atoms with Crippen LogP contribution in [0.25, 0.3) is 0 Å². The molecule has 7 heteroatoms. The van der Waals surface area contributed by atoms with Gasteiger partial charge in [-0.25, -0.2) is 0 Å². The van der Waals surface area contributed by atoms with Gasteiger partial charge in [-0.1, -0.05) is 39.0 Å².